The summed E-state index contributed by atoms with van der Waals surface area (Å²) in [6, 6.07) is 6.57. The van der Waals surface area contributed by atoms with Crippen molar-refractivity contribution < 1.29 is 14.6 Å². The van der Waals surface area contributed by atoms with Gasteiger partial charge in [-0.05, 0) is 36.0 Å². The number of carboxylic acids is 1. The summed E-state index contributed by atoms with van der Waals surface area (Å²) in [5, 5.41) is 8.94. The van der Waals surface area contributed by atoms with E-state index in [1.165, 1.54) is 11.1 Å². The molecule has 0 aromatic heterocycles. The van der Waals surface area contributed by atoms with Crippen molar-refractivity contribution in [2.24, 2.45) is 11.8 Å². The van der Waals surface area contributed by atoms with Gasteiger partial charge in [0.2, 0.25) is 0 Å². The molecule has 3 rings (SSSR count). The predicted octanol–water partition coefficient (Wildman–Crippen LogP) is 1.93. The van der Waals surface area contributed by atoms with Crippen LogP contribution in [0.25, 0.3) is 0 Å². The highest BCUT2D eigenvalue weighted by Crippen LogP contribution is 2.57. The summed E-state index contributed by atoms with van der Waals surface area (Å²) >= 11 is 0. The van der Waals surface area contributed by atoms with Gasteiger partial charge in [0.1, 0.15) is 19.7 Å². The van der Waals surface area contributed by atoms with E-state index in [0.717, 1.165) is 30.6 Å². The van der Waals surface area contributed by atoms with Crippen LogP contribution < -0.4 is 4.74 Å². The van der Waals surface area contributed by atoms with E-state index in [2.05, 4.69) is 44.8 Å². The highest BCUT2D eigenvalue weighted by atomic mass is 16.5. The largest absolute Gasteiger partial charge is 0.487 e. The number of nitrogens with zero attached hydrogens (tertiary/aromatic N) is 1. The monoisotopic (exact) mass is 315 g/mol. The summed E-state index contributed by atoms with van der Waals surface area (Å²) < 4.78 is 6.07. The van der Waals surface area contributed by atoms with Crippen LogP contribution in [-0.2, 0) is 4.79 Å². The summed E-state index contributed by atoms with van der Waals surface area (Å²) in [5.41, 5.74) is 2.63. The molecule has 1 aromatic carbocycles. The third-order valence-electron chi connectivity index (χ3n) is 5.58. The Balaban J connectivity index is 1.51. The minimum absolute atomic E-state index is 0.180. The fourth-order valence-electron chi connectivity index (χ4n) is 3.67. The number of carboxylic acid groups (broad SMARTS) is 1. The number of aliphatic carboxylic acids is 1. The maximum Gasteiger partial charge on any atom is 0.307 e. The molecule has 0 radical (unpaired) electrons. The first-order valence-corrected chi connectivity index (χ1v) is 8.59. The zero-order valence-electron chi connectivity index (χ0n) is 14.5. The van der Waals surface area contributed by atoms with Gasteiger partial charge in [-0.25, -0.2) is 0 Å². The summed E-state index contributed by atoms with van der Waals surface area (Å²) in [4.78, 5) is 13.0. The lowest BCUT2D eigenvalue weighted by molar-refractivity contribution is -0.142. The van der Waals surface area contributed by atoms with Crippen LogP contribution in [-0.4, -0.2) is 49.6 Å². The molecule has 0 spiro atoms. The highest BCUT2D eigenvalue weighted by molar-refractivity contribution is 6.15. The molecule has 1 saturated heterocycles. The molecule has 2 aliphatic rings. The van der Waals surface area contributed by atoms with E-state index in [-0.39, 0.29) is 12.0 Å². The molecule has 2 fully saturated rings. The molecule has 124 valence electrons. The Morgan fingerprint density at radius 1 is 1.48 bits per heavy atom. The van der Waals surface area contributed by atoms with E-state index in [1.54, 1.807) is 6.92 Å². The number of ether oxygens (including phenoxy) is 1. The molecule has 0 amide bonds. The van der Waals surface area contributed by atoms with Crippen LogP contribution >= 0.6 is 0 Å². The first-order chi connectivity index (χ1) is 10.9. The summed E-state index contributed by atoms with van der Waals surface area (Å²) in [6.45, 7) is 8.41. The average Bonchev–Trinajstić information content (AvgIpc) is 3.05. The molecule has 0 bridgehead atoms. The summed E-state index contributed by atoms with van der Waals surface area (Å²) in [7, 11) is 2.32. The van der Waals surface area contributed by atoms with Gasteiger partial charge >= 0.3 is 5.97 Å². The van der Waals surface area contributed by atoms with Crippen LogP contribution in [0.2, 0.25) is 5.82 Å². The molecule has 4 atom stereocenters. The van der Waals surface area contributed by atoms with Crippen LogP contribution in [0.4, 0.5) is 0 Å². The lowest BCUT2D eigenvalue weighted by Crippen LogP contribution is -2.55. The number of likely N-dealkylation sites (tertiary alicyclic amines) is 1. The second-order valence-electron chi connectivity index (χ2n) is 7.47. The molecule has 4 unspecified atom stereocenters. The molecule has 5 heteroatoms. The van der Waals surface area contributed by atoms with E-state index in [0.29, 0.717) is 12.5 Å². The van der Waals surface area contributed by atoms with Crippen LogP contribution in [0.1, 0.15) is 30.9 Å². The standard InChI is InChI=1S/C18H26BNO3/c1-10-6-13(16-12(3)17(16)19)4-5-15(10)23-14-8-20(9-14)7-11(2)18(21)22/h4-6,11-12,14,16-17H,7-9,19H2,1-3H3,(H,21,22). The van der Waals surface area contributed by atoms with E-state index in [9.17, 15) is 4.79 Å². The molecular formula is C18H26BNO3. The number of rotatable bonds is 6. The van der Waals surface area contributed by atoms with Gasteiger partial charge in [-0.15, -0.1) is 0 Å². The second-order valence-corrected chi connectivity index (χ2v) is 7.47. The Morgan fingerprint density at radius 2 is 2.13 bits per heavy atom. The highest BCUT2D eigenvalue weighted by Gasteiger charge is 2.43. The van der Waals surface area contributed by atoms with Gasteiger partial charge in [0.05, 0.1) is 5.92 Å². The average molecular weight is 315 g/mol. The van der Waals surface area contributed by atoms with Crippen LogP contribution in [0.5, 0.6) is 5.75 Å². The smallest absolute Gasteiger partial charge is 0.307 e. The van der Waals surface area contributed by atoms with Crippen molar-refractivity contribution >= 4 is 13.8 Å². The Kier molecular flexibility index (Phi) is 4.41. The first-order valence-electron chi connectivity index (χ1n) is 8.59. The second kappa shape index (κ2) is 6.19. The lowest BCUT2D eigenvalue weighted by Gasteiger charge is -2.40. The number of aryl methyl sites for hydroxylation is 1. The normalized spacial score (nSPS) is 28.9. The molecule has 1 aliphatic carbocycles. The van der Waals surface area contributed by atoms with Gasteiger partial charge in [0.15, 0.2) is 0 Å². The van der Waals surface area contributed by atoms with Gasteiger partial charge in [0.25, 0.3) is 0 Å². The number of hydrogen-bond donors (Lipinski definition) is 1. The molecule has 1 N–H and O–H groups in total. The van der Waals surface area contributed by atoms with Crippen molar-refractivity contribution in [3.8, 4) is 5.75 Å². The molecule has 1 aliphatic heterocycles. The van der Waals surface area contributed by atoms with Gasteiger partial charge in [-0.2, -0.15) is 0 Å². The lowest BCUT2D eigenvalue weighted by atomic mass is 9.96. The minimum Gasteiger partial charge on any atom is -0.487 e. The number of hydrogen-bond acceptors (Lipinski definition) is 3. The number of carbonyl (C=O) groups is 1. The SMILES string of the molecule is BC1C(C)C1c1ccc(OC2CN(CC(C)C(=O)O)C2)c(C)c1. The zero-order chi connectivity index (χ0) is 16.7. The van der Waals surface area contributed by atoms with Gasteiger partial charge < -0.3 is 9.84 Å². The molecule has 23 heavy (non-hydrogen) atoms. The van der Waals surface area contributed by atoms with Crippen molar-refractivity contribution in [2.45, 2.75) is 38.6 Å². The Labute approximate surface area is 139 Å². The fourth-order valence-corrected chi connectivity index (χ4v) is 3.67. The van der Waals surface area contributed by atoms with Crippen molar-refractivity contribution in [1.82, 2.24) is 4.90 Å². The van der Waals surface area contributed by atoms with Crippen molar-refractivity contribution in [2.75, 3.05) is 19.6 Å². The summed E-state index contributed by atoms with van der Waals surface area (Å²) in [5.74, 6) is 2.20. The van der Waals surface area contributed by atoms with Gasteiger partial charge in [-0.1, -0.05) is 31.8 Å². The Bertz CT molecular complexity index is 592. The molecule has 1 aromatic rings. The quantitative estimate of drug-likeness (QED) is 0.815. The fraction of sp³-hybridized carbons (Fsp3) is 0.611. The van der Waals surface area contributed by atoms with Crippen LogP contribution in [0, 0.1) is 18.8 Å². The summed E-state index contributed by atoms with van der Waals surface area (Å²) in [6.07, 6.45) is 0.180. The topological polar surface area (TPSA) is 49.8 Å². The maximum atomic E-state index is 10.9. The molecular weight excluding hydrogens is 289 g/mol. The van der Waals surface area contributed by atoms with E-state index in [1.807, 2.05) is 0 Å². The maximum absolute atomic E-state index is 10.9. The third-order valence-corrected chi connectivity index (χ3v) is 5.58. The predicted molar refractivity (Wildman–Crippen MR) is 93.0 cm³/mol. The molecule has 1 heterocycles. The number of benzene rings is 1. The Morgan fingerprint density at radius 3 is 2.65 bits per heavy atom. The molecule has 4 nitrogen and oxygen atoms in total. The van der Waals surface area contributed by atoms with Gasteiger partial charge in [-0.3, -0.25) is 9.69 Å². The van der Waals surface area contributed by atoms with Crippen LogP contribution in [0.15, 0.2) is 18.2 Å². The van der Waals surface area contributed by atoms with E-state index in [4.69, 9.17) is 9.84 Å². The Hall–Kier alpha value is -1.49. The van der Waals surface area contributed by atoms with Crippen molar-refractivity contribution in [1.29, 1.82) is 0 Å². The van der Waals surface area contributed by atoms with Crippen molar-refractivity contribution in [3.63, 3.8) is 0 Å². The third kappa shape index (κ3) is 3.39. The van der Waals surface area contributed by atoms with E-state index >= 15 is 0 Å². The minimum atomic E-state index is -0.732. The first kappa shape index (κ1) is 16.4. The van der Waals surface area contributed by atoms with Gasteiger partial charge in [0, 0.05) is 19.6 Å². The molecule has 1 saturated carbocycles. The van der Waals surface area contributed by atoms with E-state index < -0.39 is 5.97 Å². The van der Waals surface area contributed by atoms with Crippen molar-refractivity contribution in [3.05, 3.63) is 29.3 Å². The zero-order valence-corrected chi connectivity index (χ0v) is 14.5. The van der Waals surface area contributed by atoms with Crippen LogP contribution in [0.3, 0.4) is 0 Å².